The van der Waals surface area contributed by atoms with E-state index in [1.165, 1.54) is 18.3 Å². The van der Waals surface area contributed by atoms with Crippen molar-refractivity contribution in [3.8, 4) is 0 Å². The second-order valence-corrected chi connectivity index (χ2v) is 5.49. The summed E-state index contributed by atoms with van der Waals surface area (Å²) in [5.74, 6) is -3.03. The molecule has 0 bridgehead atoms. The summed E-state index contributed by atoms with van der Waals surface area (Å²) in [4.78, 5) is 24.3. The summed E-state index contributed by atoms with van der Waals surface area (Å²) in [6.45, 7) is 1.26. The molecule has 0 unspecified atom stereocenters. The number of nitrogens with one attached hydrogen (secondary N) is 1. The van der Waals surface area contributed by atoms with E-state index in [9.17, 15) is 18.4 Å². The molecule has 1 atom stereocenters. The second-order valence-electron chi connectivity index (χ2n) is 4.71. The highest BCUT2D eigenvalue weighted by molar-refractivity contribution is 7.08. The number of hydrogen-bond acceptors (Lipinski definition) is 4. The third-order valence-corrected chi connectivity index (χ3v) is 3.89. The van der Waals surface area contributed by atoms with Crippen LogP contribution in [0.5, 0.6) is 0 Å². The van der Waals surface area contributed by atoms with Gasteiger partial charge < -0.3 is 10.1 Å². The van der Waals surface area contributed by atoms with Crippen molar-refractivity contribution in [3.63, 3.8) is 0 Å². The van der Waals surface area contributed by atoms with E-state index >= 15 is 0 Å². The average Bonchev–Trinajstić information content (AvgIpc) is 3.03. The van der Waals surface area contributed by atoms with Gasteiger partial charge in [-0.3, -0.25) is 4.79 Å². The summed E-state index contributed by atoms with van der Waals surface area (Å²) in [6.07, 6.45) is 0. The quantitative estimate of drug-likeness (QED) is 0.880. The highest BCUT2D eigenvalue weighted by Gasteiger charge is 2.40. The van der Waals surface area contributed by atoms with Crippen LogP contribution in [0.3, 0.4) is 0 Å². The summed E-state index contributed by atoms with van der Waals surface area (Å²) >= 11 is 1.30. The van der Waals surface area contributed by atoms with Crippen molar-refractivity contribution in [2.45, 2.75) is 12.5 Å². The fourth-order valence-electron chi connectivity index (χ4n) is 2.01. The summed E-state index contributed by atoms with van der Waals surface area (Å²) in [6, 6.07) is 4.24. The van der Waals surface area contributed by atoms with Gasteiger partial charge in [0.05, 0.1) is 12.7 Å². The van der Waals surface area contributed by atoms with Crippen molar-refractivity contribution in [1.29, 1.82) is 0 Å². The van der Waals surface area contributed by atoms with E-state index in [0.717, 1.165) is 25.3 Å². The van der Waals surface area contributed by atoms with Crippen LogP contribution in [-0.2, 0) is 15.1 Å². The summed E-state index contributed by atoms with van der Waals surface area (Å²) in [7, 11) is 1.11. The minimum atomic E-state index is -1.85. The molecule has 1 N–H and O–H groups in total. The van der Waals surface area contributed by atoms with Crippen LogP contribution in [0.15, 0.2) is 35.0 Å². The number of carbonyl (C=O) groups is 2. The molecule has 4 nitrogen and oxygen atoms in total. The van der Waals surface area contributed by atoms with Crippen LogP contribution in [0.25, 0.3) is 0 Å². The maximum absolute atomic E-state index is 14.0. The highest BCUT2D eigenvalue weighted by atomic mass is 32.1. The molecule has 2 aromatic rings. The third-order valence-electron chi connectivity index (χ3n) is 3.21. The van der Waals surface area contributed by atoms with Crippen LogP contribution in [0, 0.1) is 11.6 Å². The Kier molecular flexibility index (Phi) is 4.56. The molecular weight excluding hydrogens is 312 g/mol. The molecule has 0 aliphatic rings. The Hall–Kier alpha value is -2.28. The van der Waals surface area contributed by atoms with Crippen molar-refractivity contribution < 1.29 is 23.1 Å². The number of halogens is 2. The molecule has 1 amide bonds. The number of carbonyl (C=O) groups excluding carboxylic acids is 2. The van der Waals surface area contributed by atoms with Gasteiger partial charge in [0.1, 0.15) is 11.6 Å². The van der Waals surface area contributed by atoms with Crippen molar-refractivity contribution in [1.82, 2.24) is 5.32 Å². The minimum absolute atomic E-state index is 0.303. The van der Waals surface area contributed by atoms with Gasteiger partial charge in [0.2, 0.25) is 0 Å². The Balaban J connectivity index is 2.46. The highest BCUT2D eigenvalue weighted by Crippen LogP contribution is 2.27. The number of methoxy groups -OCH3 is 1. The molecule has 116 valence electrons. The summed E-state index contributed by atoms with van der Waals surface area (Å²) in [5.41, 5.74) is -1.83. The van der Waals surface area contributed by atoms with Gasteiger partial charge in [-0.25, -0.2) is 13.6 Å². The first-order valence-electron chi connectivity index (χ1n) is 6.27. The minimum Gasteiger partial charge on any atom is -0.467 e. The molecule has 0 radical (unpaired) electrons. The second kappa shape index (κ2) is 6.23. The zero-order valence-corrected chi connectivity index (χ0v) is 12.7. The summed E-state index contributed by atoms with van der Waals surface area (Å²) in [5, 5.41) is 5.68. The number of thiophene rings is 1. The van der Waals surface area contributed by atoms with Crippen molar-refractivity contribution in [2.75, 3.05) is 7.11 Å². The first-order valence-corrected chi connectivity index (χ1v) is 7.21. The Bertz CT molecular complexity index is 703. The fraction of sp³-hybridized carbons (Fsp3) is 0.200. The third kappa shape index (κ3) is 2.99. The monoisotopic (exact) mass is 325 g/mol. The van der Waals surface area contributed by atoms with E-state index in [4.69, 9.17) is 0 Å². The number of hydrogen-bond donors (Lipinski definition) is 1. The molecule has 1 aromatic carbocycles. The van der Waals surface area contributed by atoms with E-state index in [0.29, 0.717) is 5.56 Å². The smallest absolute Gasteiger partial charge is 0.336 e. The Morgan fingerprint density at radius 1 is 1.27 bits per heavy atom. The van der Waals surface area contributed by atoms with Gasteiger partial charge in [-0.05, 0) is 36.6 Å². The molecule has 7 heteroatoms. The van der Waals surface area contributed by atoms with Crippen molar-refractivity contribution in [2.24, 2.45) is 0 Å². The summed E-state index contributed by atoms with van der Waals surface area (Å²) < 4.78 is 32.1. The lowest BCUT2D eigenvalue weighted by molar-refractivity contribution is -0.148. The predicted molar refractivity (Wildman–Crippen MR) is 77.5 cm³/mol. The molecule has 0 aliphatic carbocycles. The predicted octanol–water partition coefficient (Wildman–Crippen LogP) is 2.84. The van der Waals surface area contributed by atoms with E-state index in [-0.39, 0.29) is 5.56 Å². The van der Waals surface area contributed by atoms with Crippen LogP contribution in [0.1, 0.15) is 22.8 Å². The molecule has 0 saturated carbocycles. The zero-order chi connectivity index (χ0) is 16.3. The average molecular weight is 325 g/mol. The van der Waals surface area contributed by atoms with Gasteiger partial charge in [-0.2, -0.15) is 11.3 Å². The van der Waals surface area contributed by atoms with E-state index < -0.39 is 29.0 Å². The number of rotatable bonds is 4. The number of amides is 1. The van der Waals surface area contributed by atoms with Gasteiger partial charge in [0.25, 0.3) is 5.91 Å². The molecule has 0 aliphatic heterocycles. The van der Waals surface area contributed by atoms with Crippen LogP contribution in [0.2, 0.25) is 0 Å². The first kappa shape index (κ1) is 16.1. The SMILES string of the molecule is COC(=O)[C@](C)(NC(=O)c1ccsc1)c1cc(F)ccc1F. The molecule has 2 rings (SSSR count). The molecule has 22 heavy (non-hydrogen) atoms. The molecular formula is C15H13F2NO3S. The Morgan fingerprint density at radius 2 is 2.00 bits per heavy atom. The maximum Gasteiger partial charge on any atom is 0.336 e. The van der Waals surface area contributed by atoms with Gasteiger partial charge in [0, 0.05) is 10.9 Å². The first-order chi connectivity index (χ1) is 10.4. The largest absolute Gasteiger partial charge is 0.467 e. The lowest BCUT2D eigenvalue weighted by Crippen LogP contribution is -2.50. The molecule has 0 saturated heterocycles. The molecule has 1 aromatic heterocycles. The van der Waals surface area contributed by atoms with Crippen molar-refractivity contribution >= 4 is 23.2 Å². The number of esters is 1. The lowest BCUT2D eigenvalue weighted by atomic mass is 9.91. The molecule has 0 spiro atoms. The zero-order valence-electron chi connectivity index (χ0n) is 11.9. The molecule has 0 fully saturated rings. The van der Waals surface area contributed by atoms with Crippen LogP contribution in [0.4, 0.5) is 8.78 Å². The van der Waals surface area contributed by atoms with E-state index in [2.05, 4.69) is 10.1 Å². The van der Waals surface area contributed by atoms with Crippen LogP contribution in [-0.4, -0.2) is 19.0 Å². The fourth-order valence-corrected chi connectivity index (χ4v) is 2.64. The Morgan fingerprint density at radius 3 is 2.59 bits per heavy atom. The van der Waals surface area contributed by atoms with Gasteiger partial charge in [-0.15, -0.1) is 0 Å². The van der Waals surface area contributed by atoms with Crippen LogP contribution >= 0.6 is 11.3 Å². The van der Waals surface area contributed by atoms with Crippen molar-refractivity contribution in [3.05, 3.63) is 57.8 Å². The normalized spacial score (nSPS) is 13.3. The van der Waals surface area contributed by atoms with E-state index in [1.54, 1.807) is 16.8 Å². The van der Waals surface area contributed by atoms with Gasteiger partial charge in [0.15, 0.2) is 5.54 Å². The Labute approximate surface area is 129 Å². The number of benzene rings is 1. The van der Waals surface area contributed by atoms with Gasteiger partial charge in [-0.1, -0.05) is 0 Å². The standard InChI is InChI=1S/C15H13F2NO3S/c1-15(14(20)21-2,11-7-10(16)3-4-12(11)17)18-13(19)9-5-6-22-8-9/h3-8H,1-2H3,(H,18,19)/t15-/m1/s1. The maximum atomic E-state index is 14.0. The number of ether oxygens (including phenoxy) is 1. The lowest BCUT2D eigenvalue weighted by Gasteiger charge is -2.28. The van der Waals surface area contributed by atoms with Gasteiger partial charge >= 0.3 is 5.97 Å². The topological polar surface area (TPSA) is 55.4 Å². The van der Waals surface area contributed by atoms with Crippen LogP contribution < -0.4 is 5.32 Å². The molecule has 1 heterocycles. The van der Waals surface area contributed by atoms with E-state index in [1.807, 2.05) is 0 Å².